The highest BCUT2D eigenvalue weighted by Gasteiger charge is 2.29. The third kappa shape index (κ3) is 3.85. The minimum absolute atomic E-state index is 0.149. The first-order chi connectivity index (χ1) is 10.6. The molecule has 2 atom stereocenters. The topological polar surface area (TPSA) is 40.5 Å². The Balaban J connectivity index is 2.35. The molecule has 1 aromatic rings. The number of unbranched alkanes of at least 4 members (excludes halogenated alkanes) is 1. The summed E-state index contributed by atoms with van der Waals surface area (Å²) in [5.74, 6) is 1.20. The predicted octanol–water partition coefficient (Wildman–Crippen LogP) is 5.68. The molecule has 0 heterocycles. The van der Waals surface area contributed by atoms with Gasteiger partial charge in [-0.15, -0.1) is 0 Å². The van der Waals surface area contributed by atoms with Gasteiger partial charge in [0.2, 0.25) is 0 Å². The van der Waals surface area contributed by atoms with Crippen LogP contribution in [-0.4, -0.2) is 10.2 Å². The molecule has 2 heteroatoms. The lowest BCUT2D eigenvalue weighted by Crippen LogP contribution is -2.16. The molecule has 0 aromatic heterocycles. The van der Waals surface area contributed by atoms with Gasteiger partial charge in [-0.25, -0.2) is 0 Å². The van der Waals surface area contributed by atoms with Crippen molar-refractivity contribution in [1.29, 1.82) is 0 Å². The first-order valence-electron chi connectivity index (χ1n) is 8.78. The lowest BCUT2D eigenvalue weighted by Gasteiger charge is -2.31. The SMILES string of the molecule is CCCC[C@@H]1CCC(C)=CC1c1c(O)cc(CCC)cc1O. The minimum Gasteiger partial charge on any atom is -0.507 e. The number of phenolic OH excluding ortho intramolecular Hbond substituents is 2. The van der Waals surface area contributed by atoms with E-state index in [4.69, 9.17) is 0 Å². The number of rotatable bonds is 6. The molecule has 0 radical (unpaired) electrons. The molecular formula is C20H30O2. The molecule has 0 aliphatic heterocycles. The molecule has 0 amide bonds. The van der Waals surface area contributed by atoms with Gasteiger partial charge >= 0.3 is 0 Å². The summed E-state index contributed by atoms with van der Waals surface area (Å²) in [6.45, 7) is 6.48. The highest BCUT2D eigenvalue weighted by atomic mass is 16.3. The fraction of sp³-hybridized carbons (Fsp3) is 0.600. The molecule has 0 saturated heterocycles. The summed E-state index contributed by atoms with van der Waals surface area (Å²) < 4.78 is 0. The maximum atomic E-state index is 10.5. The summed E-state index contributed by atoms with van der Waals surface area (Å²) in [4.78, 5) is 0. The van der Waals surface area contributed by atoms with Crippen LogP contribution < -0.4 is 0 Å². The summed E-state index contributed by atoms with van der Waals surface area (Å²) >= 11 is 0. The number of hydrogen-bond acceptors (Lipinski definition) is 2. The summed E-state index contributed by atoms with van der Waals surface area (Å²) in [6, 6.07) is 3.68. The van der Waals surface area contributed by atoms with E-state index in [-0.39, 0.29) is 17.4 Å². The molecule has 1 aromatic carbocycles. The van der Waals surface area contributed by atoms with E-state index in [9.17, 15) is 10.2 Å². The van der Waals surface area contributed by atoms with Gasteiger partial charge in [0.15, 0.2) is 0 Å². The Morgan fingerprint density at radius 1 is 1.09 bits per heavy atom. The maximum absolute atomic E-state index is 10.5. The van der Waals surface area contributed by atoms with Crippen LogP contribution in [0.2, 0.25) is 0 Å². The van der Waals surface area contributed by atoms with Crippen LogP contribution >= 0.6 is 0 Å². The average molecular weight is 302 g/mol. The Bertz CT molecular complexity index is 508. The van der Waals surface area contributed by atoms with Crippen LogP contribution in [0.3, 0.4) is 0 Å². The molecule has 2 N–H and O–H groups in total. The zero-order chi connectivity index (χ0) is 16.1. The van der Waals surface area contributed by atoms with Crippen molar-refractivity contribution in [2.24, 2.45) is 5.92 Å². The van der Waals surface area contributed by atoms with Gasteiger partial charge in [0.05, 0.1) is 0 Å². The van der Waals surface area contributed by atoms with Gasteiger partial charge in [-0.2, -0.15) is 0 Å². The largest absolute Gasteiger partial charge is 0.507 e. The third-order valence-corrected chi connectivity index (χ3v) is 4.88. The average Bonchev–Trinajstić information content (AvgIpc) is 2.46. The van der Waals surface area contributed by atoms with Gasteiger partial charge < -0.3 is 10.2 Å². The quantitative estimate of drug-likeness (QED) is 0.664. The van der Waals surface area contributed by atoms with E-state index >= 15 is 0 Å². The highest BCUT2D eigenvalue weighted by molar-refractivity contribution is 5.51. The van der Waals surface area contributed by atoms with Crippen molar-refractivity contribution in [2.75, 3.05) is 0 Å². The van der Waals surface area contributed by atoms with Crippen molar-refractivity contribution in [1.82, 2.24) is 0 Å². The highest BCUT2D eigenvalue weighted by Crippen LogP contribution is 2.46. The van der Waals surface area contributed by atoms with E-state index in [1.165, 1.54) is 24.8 Å². The van der Waals surface area contributed by atoms with Crippen molar-refractivity contribution >= 4 is 0 Å². The first-order valence-corrected chi connectivity index (χ1v) is 8.78. The smallest absolute Gasteiger partial charge is 0.123 e. The van der Waals surface area contributed by atoms with Crippen LogP contribution in [-0.2, 0) is 6.42 Å². The van der Waals surface area contributed by atoms with Gasteiger partial charge in [0, 0.05) is 11.5 Å². The number of aromatic hydroxyl groups is 2. The third-order valence-electron chi connectivity index (χ3n) is 4.88. The molecule has 0 spiro atoms. The molecule has 1 aliphatic rings. The predicted molar refractivity (Wildman–Crippen MR) is 92.5 cm³/mol. The standard InChI is InChI=1S/C20H30O2/c1-4-6-8-16-10-9-14(3)11-17(16)20-18(21)12-15(7-5-2)13-19(20)22/h11-13,16-17,21-22H,4-10H2,1-3H3/t16-,17?/m1/s1. The minimum atomic E-state index is 0.149. The van der Waals surface area contributed by atoms with Crippen molar-refractivity contribution < 1.29 is 10.2 Å². The molecule has 2 rings (SSSR count). The van der Waals surface area contributed by atoms with Gasteiger partial charge in [0.1, 0.15) is 11.5 Å². The van der Waals surface area contributed by atoms with Crippen LogP contribution in [0.15, 0.2) is 23.8 Å². The zero-order valence-corrected chi connectivity index (χ0v) is 14.2. The second-order valence-electron chi connectivity index (χ2n) is 6.78. The molecule has 0 bridgehead atoms. The van der Waals surface area contributed by atoms with Crippen LogP contribution in [0.4, 0.5) is 0 Å². The normalized spacial score (nSPS) is 21.7. The maximum Gasteiger partial charge on any atom is 0.123 e. The number of allylic oxidation sites excluding steroid dienone is 2. The number of benzene rings is 1. The number of hydrogen-bond donors (Lipinski definition) is 2. The molecule has 2 nitrogen and oxygen atoms in total. The monoisotopic (exact) mass is 302 g/mol. The van der Waals surface area contributed by atoms with Crippen LogP contribution in [0, 0.1) is 5.92 Å². The van der Waals surface area contributed by atoms with Crippen LogP contribution in [0.5, 0.6) is 11.5 Å². The van der Waals surface area contributed by atoms with Gasteiger partial charge in [-0.1, -0.05) is 44.8 Å². The summed E-state index contributed by atoms with van der Waals surface area (Å²) in [7, 11) is 0. The lowest BCUT2D eigenvalue weighted by molar-refractivity contribution is 0.356. The molecule has 0 saturated carbocycles. The van der Waals surface area contributed by atoms with Gasteiger partial charge in [-0.05, 0) is 56.2 Å². The lowest BCUT2D eigenvalue weighted by atomic mass is 9.74. The van der Waals surface area contributed by atoms with Gasteiger partial charge in [-0.3, -0.25) is 0 Å². The Hall–Kier alpha value is -1.44. The Kier molecular flexibility index (Phi) is 5.93. The van der Waals surface area contributed by atoms with E-state index in [0.717, 1.165) is 36.8 Å². The van der Waals surface area contributed by atoms with E-state index < -0.39 is 0 Å². The Morgan fingerprint density at radius 3 is 2.36 bits per heavy atom. The van der Waals surface area contributed by atoms with E-state index in [1.54, 1.807) is 0 Å². The fourth-order valence-corrected chi connectivity index (χ4v) is 3.68. The first kappa shape index (κ1) is 16.9. The molecule has 1 unspecified atom stereocenters. The van der Waals surface area contributed by atoms with E-state index in [2.05, 4.69) is 26.8 Å². The Labute approximate surface area is 134 Å². The molecule has 122 valence electrons. The summed E-state index contributed by atoms with van der Waals surface area (Å²) in [6.07, 6.45) is 10.0. The van der Waals surface area contributed by atoms with Crippen molar-refractivity contribution in [2.45, 2.75) is 71.6 Å². The van der Waals surface area contributed by atoms with E-state index in [0.29, 0.717) is 5.92 Å². The summed E-state index contributed by atoms with van der Waals surface area (Å²) in [5, 5.41) is 21.0. The van der Waals surface area contributed by atoms with Crippen molar-refractivity contribution in [3.63, 3.8) is 0 Å². The number of phenols is 2. The number of aryl methyl sites for hydroxylation is 1. The second kappa shape index (κ2) is 7.71. The Morgan fingerprint density at radius 2 is 1.77 bits per heavy atom. The van der Waals surface area contributed by atoms with Gasteiger partial charge in [0.25, 0.3) is 0 Å². The molecular weight excluding hydrogens is 272 g/mol. The van der Waals surface area contributed by atoms with Crippen LogP contribution in [0.25, 0.3) is 0 Å². The molecule has 0 fully saturated rings. The van der Waals surface area contributed by atoms with Crippen LogP contribution in [0.1, 0.15) is 76.3 Å². The zero-order valence-electron chi connectivity index (χ0n) is 14.2. The van der Waals surface area contributed by atoms with E-state index in [1.807, 2.05) is 12.1 Å². The second-order valence-corrected chi connectivity index (χ2v) is 6.78. The molecule has 1 aliphatic carbocycles. The summed E-state index contributed by atoms with van der Waals surface area (Å²) in [5.41, 5.74) is 3.12. The van der Waals surface area contributed by atoms with Crippen molar-refractivity contribution in [3.8, 4) is 11.5 Å². The fourth-order valence-electron chi connectivity index (χ4n) is 3.68. The molecule has 22 heavy (non-hydrogen) atoms. The van der Waals surface area contributed by atoms with Crippen molar-refractivity contribution in [3.05, 3.63) is 34.9 Å².